The molecule has 0 aliphatic carbocycles. The number of ether oxygens (including phenoxy) is 1. The summed E-state index contributed by atoms with van der Waals surface area (Å²) in [7, 11) is 0. The number of carbonyl (C=O) groups is 2. The Morgan fingerprint density at radius 1 is 0.912 bits per heavy atom. The molecule has 4 aromatic rings. The number of hydrogen-bond acceptors (Lipinski definition) is 3. The normalized spacial score (nSPS) is 15.5. The number of anilines is 2. The SMILES string of the molecule is Cc1cccc(Oc2ccc(NC(=O)[C@@H]3CC(=O)N(c4cccc5ccccc45)C3)cc2)c1C. The first-order valence-corrected chi connectivity index (χ1v) is 11.4. The van der Waals surface area contributed by atoms with E-state index in [1.807, 2.05) is 85.8 Å². The predicted octanol–water partition coefficient (Wildman–Crippen LogP) is 6.24. The minimum absolute atomic E-state index is 0.0335. The molecule has 1 saturated heterocycles. The summed E-state index contributed by atoms with van der Waals surface area (Å²) < 4.78 is 6.00. The molecular weight excluding hydrogens is 424 g/mol. The van der Waals surface area contributed by atoms with E-state index in [2.05, 4.69) is 18.3 Å². The number of carbonyl (C=O) groups excluding carboxylic acids is 2. The third kappa shape index (κ3) is 4.25. The molecule has 2 amide bonds. The van der Waals surface area contributed by atoms with Crippen molar-refractivity contribution >= 4 is 34.0 Å². The van der Waals surface area contributed by atoms with Crippen molar-refractivity contribution in [2.24, 2.45) is 5.92 Å². The molecule has 1 fully saturated rings. The molecule has 4 aromatic carbocycles. The molecule has 0 saturated carbocycles. The van der Waals surface area contributed by atoms with Crippen LogP contribution in [0, 0.1) is 19.8 Å². The average molecular weight is 451 g/mol. The second kappa shape index (κ2) is 9.02. The van der Waals surface area contributed by atoms with Crippen molar-refractivity contribution in [3.63, 3.8) is 0 Å². The summed E-state index contributed by atoms with van der Waals surface area (Å²) >= 11 is 0. The summed E-state index contributed by atoms with van der Waals surface area (Å²) in [6.07, 6.45) is 0.197. The maximum absolute atomic E-state index is 12.9. The van der Waals surface area contributed by atoms with E-state index < -0.39 is 5.92 Å². The van der Waals surface area contributed by atoms with Crippen molar-refractivity contribution in [1.29, 1.82) is 0 Å². The molecule has 170 valence electrons. The van der Waals surface area contributed by atoms with Gasteiger partial charge >= 0.3 is 0 Å². The Hall–Kier alpha value is -4.12. The molecule has 5 heteroatoms. The summed E-state index contributed by atoms with van der Waals surface area (Å²) in [4.78, 5) is 27.5. The van der Waals surface area contributed by atoms with E-state index in [1.165, 1.54) is 5.56 Å². The van der Waals surface area contributed by atoms with Gasteiger partial charge in [-0.05, 0) is 66.8 Å². The van der Waals surface area contributed by atoms with Gasteiger partial charge in [0.05, 0.1) is 11.6 Å². The first-order valence-electron chi connectivity index (χ1n) is 11.4. The summed E-state index contributed by atoms with van der Waals surface area (Å²) in [5.74, 6) is 0.921. The lowest BCUT2D eigenvalue weighted by Crippen LogP contribution is -2.28. The maximum Gasteiger partial charge on any atom is 0.229 e. The number of amides is 2. The summed E-state index contributed by atoms with van der Waals surface area (Å²) in [6, 6.07) is 27.1. The molecule has 1 heterocycles. The van der Waals surface area contributed by atoms with Crippen LogP contribution in [0.1, 0.15) is 17.5 Å². The fourth-order valence-corrected chi connectivity index (χ4v) is 4.37. The number of nitrogens with zero attached hydrogens (tertiary/aromatic N) is 1. The lowest BCUT2D eigenvalue weighted by Gasteiger charge is -2.19. The molecule has 0 aromatic heterocycles. The van der Waals surface area contributed by atoms with Crippen molar-refractivity contribution < 1.29 is 14.3 Å². The highest BCUT2D eigenvalue weighted by molar-refractivity contribution is 6.08. The number of benzene rings is 4. The van der Waals surface area contributed by atoms with E-state index in [0.29, 0.717) is 18.0 Å². The van der Waals surface area contributed by atoms with Gasteiger partial charge in [0, 0.05) is 24.0 Å². The minimum atomic E-state index is -0.405. The summed E-state index contributed by atoms with van der Waals surface area (Å²) in [6.45, 7) is 4.45. The number of fused-ring (bicyclic) bond motifs is 1. The monoisotopic (exact) mass is 450 g/mol. The van der Waals surface area contributed by atoms with Crippen LogP contribution < -0.4 is 15.0 Å². The Kier molecular flexibility index (Phi) is 5.76. The van der Waals surface area contributed by atoms with E-state index in [9.17, 15) is 9.59 Å². The van der Waals surface area contributed by atoms with Gasteiger partial charge in [0.2, 0.25) is 11.8 Å². The molecule has 0 spiro atoms. The first-order chi connectivity index (χ1) is 16.5. The molecule has 0 unspecified atom stereocenters. The van der Waals surface area contributed by atoms with E-state index >= 15 is 0 Å². The topological polar surface area (TPSA) is 58.6 Å². The van der Waals surface area contributed by atoms with E-state index in [-0.39, 0.29) is 18.2 Å². The Morgan fingerprint density at radius 3 is 2.47 bits per heavy atom. The zero-order valence-corrected chi connectivity index (χ0v) is 19.2. The van der Waals surface area contributed by atoms with Gasteiger partial charge in [0.25, 0.3) is 0 Å². The van der Waals surface area contributed by atoms with Gasteiger partial charge in [-0.25, -0.2) is 0 Å². The minimum Gasteiger partial charge on any atom is -0.457 e. The number of hydrogen-bond donors (Lipinski definition) is 1. The Morgan fingerprint density at radius 2 is 1.65 bits per heavy atom. The fourth-order valence-electron chi connectivity index (χ4n) is 4.37. The largest absolute Gasteiger partial charge is 0.457 e. The fraction of sp³-hybridized carbons (Fsp3) is 0.172. The van der Waals surface area contributed by atoms with Crippen LogP contribution >= 0.6 is 0 Å². The highest BCUT2D eigenvalue weighted by atomic mass is 16.5. The quantitative estimate of drug-likeness (QED) is 0.391. The van der Waals surface area contributed by atoms with Gasteiger partial charge in [-0.1, -0.05) is 48.5 Å². The average Bonchev–Trinajstić information content (AvgIpc) is 3.24. The number of aryl methyl sites for hydroxylation is 1. The van der Waals surface area contributed by atoms with Gasteiger partial charge in [-0.2, -0.15) is 0 Å². The van der Waals surface area contributed by atoms with Crippen LogP contribution in [0.5, 0.6) is 11.5 Å². The highest BCUT2D eigenvalue weighted by Crippen LogP contribution is 2.32. The highest BCUT2D eigenvalue weighted by Gasteiger charge is 2.35. The molecule has 5 rings (SSSR count). The third-order valence-corrected chi connectivity index (χ3v) is 6.46. The van der Waals surface area contributed by atoms with E-state index in [4.69, 9.17) is 4.74 Å². The second-order valence-corrected chi connectivity index (χ2v) is 8.72. The van der Waals surface area contributed by atoms with Gasteiger partial charge < -0.3 is 15.0 Å². The van der Waals surface area contributed by atoms with Crippen molar-refractivity contribution in [3.8, 4) is 11.5 Å². The van der Waals surface area contributed by atoms with Crippen molar-refractivity contribution in [1.82, 2.24) is 0 Å². The Bertz CT molecular complexity index is 1370. The standard InChI is InChI=1S/C29H26N2O3/c1-19-7-5-12-27(20(19)2)34-24-15-13-23(14-16-24)30-29(33)22-17-28(32)31(18-22)26-11-6-9-21-8-3-4-10-25(21)26/h3-16,22H,17-18H2,1-2H3,(H,30,33)/t22-/m1/s1. The van der Waals surface area contributed by atoms with Crippen LogP contribution in [0.15, 0.2) is 84.9 Å². The molecule has 1 aliphatic rings. The van der Waals surface area contributed by atoms with Crippen LogP contribution in [-0.2, 0) is 9.59 Å². The van der Waals surface area contributed by atoms with E-state index in [1.54, 1.807) is 4.90 Å². The third-order valence-electron chi connectivity index (χ3n) is 6.46. The van der Waals surface area contributed by atoms with Gasteiger partial charge in [0.1, 0.15) is 11.5 Å². The molecule has 0 radical (unpaired) electrons. The lowest BCUT2D eigenvalue weighted by atomic mass is 10.1. The van der Waals surface area contributed by atoms with Crippen molar-refractivity contribution in [2.75, 3.05) is 16.8 Å². The zero-order valence-electron chi connectivity index (χ0n) is 19.2. The second-order valence-electron chi connectivity index (χ2n) is 8.72. The molecule has 1 aliphatic heterocycles. The predicted molar refractivity (Wildman–Crippen MR) is 135 cm³/mol. The molecule has 34 heavy (non-hydrogen) atoms. The number of rotatable bonds is 5. The first kappa shape index (κ1) is 21.7. The molecular formula is C29H26N2O3. The summed E-state index contributed by atoms with van der Waals surface area (Å²) in [5, 5.41) is 5.04. The van der Waals surface area contributed by atoms with Gasteiger partial charge in [-0.15, -0.1) is 0 Å². The smallest absolute Gasteiger partial charge is 0.229 e. The van der Waals surface area contributed by atoms with Gasteiger partial charge in [-0.3, -0.25) is 9.59 Å². The maximum atomic E-state index is 12.9. The van der Waals surface area contributed by atoms with Crippen LogP contribution in [-0.4, -0.2) is 18.4 Å². The van der Waals surface area contributed by atoms with Crippen LogP contribution in [0.4, 0.5) is 11.4 Å². The van der Waals surface area contributed by atoms with Crippen molar-refractivity contribution in [2.45, 2.75) is 20.3 Å². The molecule has 5 nitrogen and oxygen atoms in total. The number of nitrogens with one attached hydrogen (secondary N) is 1. The van der Waals surface area contributed by atoms with E-state index in [0.717, 1.165) is 27.8 Å². The van der Waals surface area contributed by atoms with Crippen LogP contribution in [0.3, 0.4) is 0 Å². The molecule has 1 N–H and O–H groups in total. The zero-order chi connectivity index (χ0) is 23.7. The van der Waals surface area contributed by atoms with Crippen molar-refractivity contribution in [3.05, 3.63) is 96.1 Å². The van der Waals surface area contributed by atoms with Crippen LogP contribution in [0.25, 0.3) is 10.8 Å². The summed E-state index contributed by atoms with van der Waals surface area (Å²) in [5.41, 5.74) is 3.80. The van der Waals surface area contributed by atoms with Gasteiger partial charge in [0.15, 0.2) is 0 Å². The van der Waals surface area contributed by atoms with Crippen LogP contribution in [0.2, 0.25) is 0 Å². The lowest BCUT2D eigenvalue weighted by molar-refractivity contribution is -0.122. The Balaban J connectivity index is 1.26. The molecule has 1 atom stereocenters. The Labute approximate surface area is 199 Å². The molecule has 0 bridgehead atoms.